The Morgan fingerprint density at radius 2 is 1.86 bits per heavy atom. The fraction of sp³-hybridized carbons (Fsp3) is 0.235. The van der Waals surface area contributed by atoms with Gasteiger partial charge < -0.3 is 5.32 Å². The van der Waals surface area contributed by atoms with Gasteiger partial charge in [-0.2, -0.15) is 0 Å². The summed E-state index contributed by atoms with van der Waals surface area (Å²) in [6.45, 7) is 0. The van der Waals surface area contributed by atoms with E-state index in [1.807, 2.05) is 41.7 Å². The van der Waals surface area contributed by atoms with Crippen LogP contribution in [-0.4, -0.2) is 17.4 Å². The van der Waals surface area contributed by atoms with Crippen LogP contribution >= 0.6 is 23.5 Å². The van der Waals surface area contributed by atoms with E-state index < -0.39 is 5.82 Å². The number of carbonyl (C=O) groups excluding carboxylic acids is 1. The molecule has 3 rings (SSSR count). The minimum Gasteiger partial charge on any atom is -0.322 e. The molecule has 2 aromatic carbocycles. The number of hydrogen-bond acceptors (Lipinski definition) is 3. The van der Waals surface area contributed by atoms with E-state index in [1.165, 1.54) is 41.7 Å². The summed E-state index contributed by atoms with van der Waals surface area (Å²) >= 11 is 3.89. The zero-order valence-electron chi connectivity index (χ0n) is 11.9. The molecule has 1 fully saturated rings. The number of amides is 1. The van der Waals surface area contributed by atoms with Crippen LogP contribution in [0, 0.1) is 5.82 Å². The van der Waals surface area contributed by atoms with Gasteiger partial charge in [0.15, 0.2) is 0 Å². The van der Waals surface area contributed by atoms with Crippen LogP contribution in [-0.2, 0) is 0 Å². The normalized spacial score (nSPS) is 15.5. The number of benzene rings is 2. The summed E-state index contributed by atoms with van der Waals surface area (Å²) in [6, 6.07) is 13.6. The first-order chi connectivity index (χ1) is 10.7. The largest absolute Gasteiger partial charge is 0.322 e. The standard InChI is InChI=1S/C17H16FNOS2/c18-14-6-1-4-12(10-14)16(20)19-15-7-2-5-13(11-15)17-21-8-3-9-22-17/h1-2,4-7,10-11,17H,3,8-9H2,(H,19,20). The molecule has 1 heterocycles. The highest BCUT2D eigenvalue weighted by molar-refractivity contribution is 8.16. The Morgan fingerprint density at radius 3 is 2.64 bits per heavy atom. The van der Waals surface area contributed by atoms with Gasteiger partial charge in [0.05, 0.1) is 4.58 Å². The highest BCUT2D eigenvalue weighted by atomic mass is 32.2. The molecule has 0 unspecified atom stereocenters. The first-order valence-corrected chi connectivity index (χ1v) is 9.22. The van der Waals surface area contributed by atoms with Crippen molar-refractivity contribution in [2.24, 2.45) is 0 Å². The van der Waals surface area contributed by atoms with Crippen molar-refractivity contribution in [2.75, 3.05) is 16.8 Å². The van der Waals surface area contributed by atoms with Gasteiger partial charge in [0, 0.05) is 11.3 Å². The Labute approximate surface area is 137 Å². The van der Waals surface area contributed by atoms with Crippen LogP contribution in [0.1, 0.15) is 26.9 Å². The molecule has 0 bridgehead atoms. The zero-order chi connectivity index (χ0) is 15.4. The molecule has 2 aromatic rings. The zero-order valence-corrected chi connectivity index (χ0v) is 13.6. The third-order valence-electron chi connectivity index (χ3n) is 3.33. The third-order valence-corrected chi connectivity index (χ3v) is 6.35. The van der Waals surface area contributed by atoms with E-state index in [-0.39, 0.29) is 5.91 Å². The molecule has 1 amide bonds. The van der Waals surface area contributed by atoms with E-state index in [0.717, 1.165) is 5.69 Å². The van der Waals surface area contributed by atoms with Gasteiger partial charge in [0.25, 0.3) is 5.91 Å². The highest BCUT2D eigenvalue weighted by Gasteiger charge is 2.17. The maximum Gasteiger partial charge on any atom is 0.255 e. The molecule has 114 valence electrons. The molecule has 1 aliphatic heterocycles. The lowest BCUT2D eigenvalue weighted by Crippen LogP contribution is -2.12. The average molecular weight is 333 g/mol. The average Bonchev–Trinajstić information content (AvgIpc) is 2.56. The lowest BCUT2D eigenvalue weighted by atomic mass is 10.2. The van der Waals surface area contributed by atoms with Gasteiger partial charge in [-0.25, -0.2) is 4.39 Å². The summed E-state index contributed by atoms with van der Waals surface area (Å²) in [5.41, 5.74) is 2.29. The Hall–Kier alpha value is -1.46. The van der Waals surface area contributed by atoms with Crippen LogP contribution in [0.15, 0.2) is 48.5 Å². The maximum absolute atomic E-state index is 13.2. The fourth-order valence-electron chi connectivity index (χ4n) is 2.28. The van der Waals surface area contributed by atoms with E-state index in [9.17, 15) is 9.18 Å². The van der Waals surface area contributed by atoms with Crippen molar-refractivity contribution >= 4 is 35.1 Å². The first-order valence-electron chi connectivity index (χ1n) is 7.12. The summed E-state index contributed by atoms with van der Waals surface area (Å²) < 4.78 is 13.6. The molecule has 1 saturated heterocycles. The molecule has 0 atom stereocenters. The van der Waals surface area contributed by atoms with Gasteiger partial charge in [0.2, 0.25) is 0 Å². The monoisotopic (exact) mass is 333 g/mol. The Balaban J connectivity index is 1.73. The van der Waals surface area contributed by atoms with E-state index in [1.54, 1.807) is 6.07 Å². The van der Waals surface area contributed by atoms with E-state index in [0.29, 0.717) is 10.1 Å². The van der Waals surface area contributed by atoms with E-state index in [2.05, 4.69) is 11.4 Å². The lowest BCUT2D eigenvalue weighted by Gasteiger charge is -2.21. The molecule has 0 saturated carbocycles. The summed E-state index contributed by atoms with van der Waals surface area (Å²) in [6.07, 6.45) is 1.25. The maximum atomic E-state index is 13.2. The first kappa shape index (κ1) is 15.4. The second-order valence-electron chi connectivity index (χ2n) is 5.02. The third kappa shape index (κ3) is 3.84. The number of thioether (sulfide) groups is 2. The van der Waals surface area contributed by atoms with Gasteiger partial charge in [-0.05, 0) is 53.8 Å². The minimum absolute atomic E-state index is 0.291. The van der Waals surface area contributed by atoms with E-state index >= 15 is 0 Å². The molecule has 0 radical (unpaired) electrons. The van der Waals surface area contributed by atoms with E-state index in [4.69, 9.17) is 0 Å². The smallest absolute Gasteiger partial charge is 0.255 e. The minimum atomic E-state index is -0.406. The number of halogens is 1. The molecule has 2 nitrogen and oxygen atoms in total. The lowest BCUT2D eigenvalue weighted by molar-refractivity contribution is 0.102. The van der Waals surface area contributed by atoms with Crippen LogP contribution in [0.25, 0.3) is 0 Å². The summed E-state index contributed by atoms with van der Waals surface area (Å²) in [7, 11) is 0. The second kappa shape index (κ2) is 7.20. The SMILES string of the molecule is O=C(Nc1cccc(C2SCCCS2)c1)c1cccc(F)c1. The topological polar surface area (TPSA) is 29.1 Å². The van der Waals surface area contributed by atoms with Crippen molar-refractivity contribution in [3.05, 3.63) is 65.5 Å². The fourth-order valence-corrected chi connectivity index (χ4v) is 5.15. The van der Waals surface area contributed by atoms with Gasteiger partial charge in [-0.3, -0.25) is 4.79 Å². The summed E-state index contributed by atoms with van der Waals surface area (Å²) in [5, 5.41) is 2.84. The van der Waals surface area contributed by atoms with Crippen molar-refractivity contribution in [3.8, 4) is 0 Å². The van der Waals surface area contributed by atoms with Gasteiger partial charge in [-0.1, -0.05) is 18.2 Å². The van der Waals surface area contributed by atoms with Crippen LogP contribution in [0.3, 0.4) is 0 Å². The highest BCUT2D eigenvalue weighted by Crippen LogP contribution is 2.44. The van der Waals surface area contributed by atoms with Crippen LogP contribution < -0.4 is 5.32 Å². The quantitative estimate of drug-likeness (QED) is 0.862. The predicted octanol–water partition coefficient (Wildman–Crippen LogP) is 4.95. The van der Waals surface area contributed by atoms with Crippen LogP contribution in [0.5, 0.6) is 0 Å². The Kier molecular flexibility index (Phi) is 5.05. The van der Waals surface area contributed by atoms with Crippen molar-refractivity contribution < 1.29 is 9.18 Å². The Bertz CT molecular complexity index is 671. The molecule has 0 aliphatic carbocycles. The molecular weight excluding hydrogens is 317 g/mol. The molecule has 0 aromatic heterocycles. The summed E-state index contributed by atoms with van der Waals surface area (Å²) in [4.78, 5) is 12.2. The second-order valence-corrected chi connectivity index (χ2v) is 7.74. The molecule has 0 spiro atoms. The summed E-state index contributed by atoms with van der Waals surface area (Å²) in [5.74, 6) is 1.66. The molecule has 1 N–H and O–H groups in total. The number of nitrogens with one attached hydrogen (secondary N) is 1. The van der Waals surface area contributed by atoms with Gasteiger partial charge >= 0.3 is 0 Å². The van der Waals surface area contributed by atoms with Crippen molar-refractivity contribution in [1.29, 1.82) is 0 Å². The number of rotatable bonds is 3. The molecule has 1 aliphatic rings. The molecule has 22 heavy (non-hydrogen) atoms. The number of carbonyl (C=O) groups is 1. The van der Waals surface area contributed by atoms with Crippen molar-refractivity contribution in [3.63, 3.8) is 0 Å². The van der Waals surface area contributed by atoms with Crippen molar-refractivity contribution in [1.82, 2.24) is 0 Å². The number of hydrogen-bond donors (Lipinski definition) is 1. The molecular formula is C17H16FNOS2. The van der Waals surface area contributed by atoms with Crippen molar-refractivity contribution in [2.45, 2.75) is 11.0 Å². The number of anilines is 1. The van der Waals surface area contributed by atoms with Gasteiger partial charge in [-0.15, -0.1) is 23.5 Å². The predicted molar refractivity (Wildman–Crippen MR) is 93.1 cm³/mol. The molecule has 5 heteroatoms. The van der Waals surface area contributed by atoms with Gasteiger partial charge in [0.1, 0.15) is 5.82 Å². The Morgan fingerprint density at radius 1 is 1.09 bits per heavy atom. The van der Waals surface area contributed by atoms with Crippen LogP contribution in [0.4, 0.5) is 10.1 Å². The van der Waals surface area contributed by atoms with Crippen LogP contribution in [0.2, 0.25) is 0 Å².